The molecule has 1 aliphatic rings. The molecule has 3 heteroatoms. The summed E-state index contributed by atoms with van der Waals surface area (Å²) in [5, 5.41) is 3.67. The molecule has 1 amide bonds. The number of anilines is 1. The quantitative estimate of drug-likeness (QED) is 0.909. The molecule has 110 valence electrons. The predicted octanol–water partition coefficient (Wildman–Crippen LogP) is 3.66. The van der Waals surface area contributed by atoms with Gasteiger partial charge in [-0.3, -0.25) is 4.79 Å². The van der Waals surface area contributed by atoms with Crippen molar-refractivity contribution < 1.29 is 4.79 Å². The molecule has 1 aliphatic carbocycles. The maximum Gasteiger partial charge on any atom is 0.219 e. The van der Waals surface area contributed by atoms with Crippen LogP contribution in [0.5, 0.6) is 0 Å². The summed E-state index contributed by atoms with van der Waals surface area (Å²) < 4.78 is 0. The van der Waals surface area contributed by atoms with E-state index in [9.17, 15) is 4.79 Å². The summed E-state index contributed by atoms with van der Waals surface area (Å²) in [6.45, 7) is 6.94. The Morgan fingerprint density at radius 2 is 2.10 bits per heavy atom. The number of carbonyl (C=O) groups excluding carboxylic acids is 1. The highest BCUT2D eigenvalue weighted by Crippen LogP contribution is 2.38. The van der Waals surface area contributed by atoms with Gasteiger partial charge < -0.3 is 10.2 Å². The van der Waals surface area contributed by atoms with E-state index in [4.69, 9.17) is 0 Å². The lowest BCUT2D eigenvalue weighted by atomic mass is 9.92. The van der Waals surface area contributed by atoms with Crippen molar-refractivity contribution in [1.29, 1.82) is 0 Å². The molecule has 2 rings (SSSR count). The molecule has 20 heavy (non-hydrogen) atoms. The largest absolute Gasteiger partial charge is 0.382 e. The minimum Gasteiger partial charge on any atom is -0.382 e. The molecular weight excluding hydrogens is 248 g/mol. The Morgan fingerprint density at radius 1 is 1.40 bits per heavy atom. The topological polar surface area (TPSA) is 32.3 Å². The zero-order chi connectivity index (χ0) is 14.8. The number of nitrogens with one attached hydrogen (secondary N) is 1. The lowest BCUT2D eigenvalue weighted by Gasteiger charge is -2.22. The third-order valence-electron chi connectivity index (χ3n) is 4.29. The molecule has 1 atom stereocenters. The van der Waals surface area contributed by atoms with Crippen molar-refractivity contribution in [2.75, 3.05) is 12.4 Å². The smallest absolute Gasteiger partial charge is 0.219 e. The van der Waals surface area contributed by atoms with E-state index in [1.807, 2.05) is 13.1 Å². The highest BCUT2D eigenvalue weighted by Gasteiger charge is 2.30. The van der Waals surface area contributed by atoms with Crippen LogP contribution in [0.1, 0.15) is 45.6 Å². The Bertz CT molecular complexity index is 482. The Hall–Kier alpha value is -1.51. The van der Waals surface area contributed by atoms with Crippen molar-refractivity contribution in [3.63, 3.8) is 0 Å². The Kier molecular flexibility index (Phi) is 4.36. The number of hydrogen-bond acceptors (Lipinski definition) is 2. The van der Waals surface area contributed by atoms with E-state index in [1.54, 1.807) is 11.8 Å². The van der Waals surface area contributed by atoms with E-state index in [2.05, 4.69) is 37.4 Å². The molecule has 0 heterocycles. The van der Waals surface area contributed by atoms with Crippen molar-refractivity contribution in [1.82, 2.24) is 4.90 Å². The molecule has 0 radical (unpaired) electrons. The van der Waals surface area contributed by atoms with Gasteiger partial charge in [-0.15, -0.1) is 0 Å². The summed E-state index contributed by atoms with van der Waals surface area (Å²) in [5.41, 5.74) is 2.81. The van der Waals surface area contributed by atoms with Gasteiger partial charge in [-0.2, -0.15) is 0 Å². The van der Waals surface area contributed by atoms with Crippen LogP contribution in [0.3, 0.4) is 0 Å². The lowest BCUT2D eigenvalue weighted by molar-refractivity contribution is -0.128. The minimum absolute atomic E-state index is 0.0989. The number of hydrogen-bond donors (Lipinski definition) is 1. The van der Waals surface area contributed by atoms with Gasteiger partial charge in [0, 0.05) is 32.2 Å². The number of carbonyl (C=O) groups is 1. The van der Waals surface area contributed by atoms with E-state index in [-0.39, 0.29) is 5.91 Å². The average molecular weight is 274 g/mol. The van der Waals surface area contributed by atoms with E-state index < -0.39 is 0 Å². The number of amides is 1. The van der Waals surface area contributed by atoms with Crippen molar-refractivity contribution in [3.8, 4) is 0 Å². The van der Waals surface area contributed by atoms with Gasteiger partial charge in [0.1, 0.15) is 0 Å². The molecule has 0 spiro atoms. The van der Waals surface area contributed by atoms with E-state index in [0.717, 1.165) is 0 Å². The molecule has 1 N–H and O–H groups in total. The first-order valence-corrected chi connectivity index (χ1v) is 7.43. The third kappa shape index (κ3) is 3.75. The summed E-state index contributed by atoms with van der Waals surface area (Å²) in [5.74, 6) is 0.0989. The summed E-state index contributed by atoms with van der Waals surface area (Å²) in [6, 6.07) is 8.86. The number of benzene rings is 1. The normalized spacial score (nSPS) is 20.7. The summed E-state index contributed by atoms with van der Waals surface area (Å²) in [4.78, 5) is 13.1. The second-order valence-corrected chi connectivity index (χ2v) is 6.78. The maximum atomic E-state index is 11.4. The molecular formula is C17H26N2O. The van der Waals surface area contributed by atoms with Crippen molar-refractivity contribution >= 4 is 11.6 Å². The molecule has 1 aromatic carbocycles. The molecule has 1 saturated carbocycles. The highest BCUT2D eigenvalue weighted by atomic mass is 16.2. The molecule has 1 unspecified atom stereocenters. The van der Waals surface area contributed by atoms with Gasteiger partial charge in [0.25, 0.3) is 0 Å². The van der Waals surface area contributed by atoms with Crippen LogP contribution in [0.4, 0.5) is 5.69 Å². The van der Waals surface area contributed by atoms with E-state index in [1.165, 1.54) is 30.5 Å². The summed E-state index contributed by atoms with van der Waals surface area (Å²) >= 11 is 0. The minimum atomic E-state index is 0.0989. The standard InChI is InChI=1S/C17H26N2O/c1-13(20)19(4)12-14-7-5-6-8-16(14)18-15-9-10-17(2,3)11-15/h5-8,15,18H,9-12H2,1-4H3. The highest BCUT2D eigenvalue weighted by molar-refractivity contribution is 5.73. The Morgan fingerprint density at radius 3 is 2.70 bits per heavy atom. The van der Waals surface area contributed by atoms with E-state index in [0.29, 0.717) is 18.0 Å². The second-order valence-electron chi connectivity index (χ2n) is 6.78. The van der Waals surface area contributed by atoms with Gasteiger partial charge in [-0.1, -0.05) is 32.0 Å². The van der Waals surface area contributed by atoms with Gasteiger partial charge in [-0.25, -0.2) is 0 Å². The van der Waals surface area contributed by atoms with Crippen LogP contribution >= 0.6 is 0 Å². The van der Waals surface area contributed by atoms with E-state index >= 15 is 0 Å². The molecule has 1 aromatic rings. The van der Waals surface area contributed by atoms with Crippen molar-refractivity contribution in [3.05, 3.63) is 29.8 Å². The monoisotopic (exact) mass is 274 g/mol. The first-order chi connectivity index (χ1) is 9.37. The summed E-state index contributed by atoms with van der Waals surface area (Å²) in [7, 11) is 1.85. The van der Waals surface area contributed by atoms with Crippen molar-refractivity contribution in [2.24, 2.45) is 5.41 Å². The fraction of sp³-hybridized carbons (Fsp3) is 0.588. The Labute approximate surface area is 122 Å². The average Bonchev–Trinajstić information content (AvgIpc) is 2.71. The maximum absolute atomic E-state index is 11.4. The number of para-hydroxylation sites is 1. The predicted molar refractivity (Wildman–Crippen MR) is 83.6 cm³/mol. The lowest BCUT2D eigenvalue weighted by Crippen LogP contribution is -2.24. The van der Waals surface area contributed by atoms with Crippen LogP contribution in [0.25, 0.3) is 0 Å². The summed E-state index contributed by atoms with van der Waals surface area (Å²) in [6.07, 6.45) is 3.72. The van der Waals surface area contributed by atoms with Gasteiger partial charge in [0.05, 0.1) is 0 Å². The molecule has 0 aromatic heterocycles. The molecule has 1 fully saturated rings. The molecule has 0 bridgehead atoms. The van der Waals surface area contributed by atoms with Gasteiger partial charge in [0.2, 0.25) is 5.91 Å². The number of rotatable bonds is 4. The van der Waals surface area contributed by atoms with Gasteiger partial charge in [0.15, 0.2) is 0 Å². The van der Waals surface area contributed by atoms with Crippen LogP contribution in [-0.4, -0.2) is 23.9 Å². The second kappa shape index (κ2) is 5.86. The third-order valence-corrected chi connectivity index (χ3v) is 4.29. The van der Waals surface area contributed by atoms with Crippen LogP contribution in [0, 0.1) is 5.41 Å². The van der Waals surface area contributed by atoms with Gasteiger partial charge in [-0.05, 0) is 36.3 Å². The first kappa shape index (κ1) is 14.9. The Balaban J connectivity index is 2.06. The SMILES string of the molecule is CC(=O)N(C)Cc1ccccc1NC1CCC(C)(C)C1. The fourth-order valence-corrected chi connectivity index (χ4v) is 2.95. The van der Waals surface area contributed by atoms with Gasteiger partial charge >= 0.3 is 0 Å². The van der Waals surface area contributed by atoms with Crippen LogP contribution in [-0.2, 0) is 11.3 Å². The zero-order valence-electron chi connectivity index (χ0n) is 13.1. The van der Waals surface area contributed by atoms with Crippen LogP contribution in [0.15, 0.2) is 24.3 Å². The van der Waals surface area contributed by atoms with Crippen LogP contribution < -0.4 is 5.32 Å². The fourth-order valence-electron chi connectivity index (χ4n) is 2.95. The zero-order valence-corrected chi connectivity index (χ0v) is 13.1. The first-order valence-electron chi connectivity index (χ1n) is 7.43. The molecule has 3 nitrogen and oxygen atoms in total. The number of nitrogens with zero attached hydrogens (tertiary/aromatic N) is 1. The molecule has 0 saturated heterocycles. The van der Waals surface area contributed by atoms with Crippen LogP contribution in [0.2, 0.25) is 0 Å². The molecule has 0 aliphatic heterocycles. The van der Waals surface area contributed by atoms with Crippen molar-refractivity contribution in [2.45, 2.75) is 52.6 Å².